The van der Waals surface area contributed by atoms with Gasteiger partial charge in [-0.1, -0.05) is 37.3 Å². The second-order valence-electron chi connectivity index (χ2n) is 2.97. The van der Waals surface area contributed by atoms with Crippen LogP contribution in [0.2, 0.25) is 0 Å². The fourth-order valence-electron chi connectivity index (χ4n) is 1.24. The maximum Gasteiger partial charge on any atom is 0.235 e. The Balaban J connectivity index is 2.61. The van der Waals surface area contributed by atoms with E-state index in [-0.39, 0.29) is 6.04 Å². The molecule has 1 aromatic carbocycles. The summed E-state index contributed by atoms with van der Waals surface area (Å²) in [6.45, 7) is 2.02. The van der Waals surface area contributed by atoms with Gasteiger partial charge in [0, 0.05) is 0 Å². The zero-order valence-electron chi connectivity index (χ0n) is 7.73. The maximum atomic E-state index is 10.1. The van der Waals surface area contributed by atoms with Crippen LogP contribution in [0.15, 0.2) is 35.3 Å². The summed E-state index contributed by atoms with van der Waals surface area (Å²) in [6.07, 6.45) is 3.32. The summed E-state index contributed by atoms with van der Waals surface area (Å²) in [4.78, 5) is 13.8. The highest BCUT2D eigenvalue weighted by Crippen LogP contribution is 2.07. The van der Waals surface area contributed by atoms with E-state index in [0.717, 1.165) is 12.8 Å². The van der Waals surface area contributed by atoms with Gasteiger partial charge in [-0.15, -0.1) is 0 Å². The van der Waals surface area contributed by atoms with E-state index >= 15 is 0 Å². The molecule has 13 heavy (non-hydrogen) atoms. The summed E-state index contributed by atoms with van der Waals surface area (Å²) in [5.41, 5.74) is 1.22. The minimum Gasteiger partial charge on any atom is -0.211 e. The van der Waals surface area contributed by atoms with Crippen molar-refractivity contribution in [1.29, 1.82) is 0 Å². The van der Waals surface area contributed by atoms with Gasteiger partial charge in [0.15, 0.2) is 0 Å². The number of rotatable bonds is 4. The van der Waals surface area contributed by atoms with Crippen molar-refractivity contribution in [3.63, 3.8) is 0 Å². The van der Waals surface area contributed by atoms with Crippen LogP contribution < -0.4 is 0 Å². The Morgan fingerprint density at radius 3 is 2.62 bits per heavy atom. The molecule has 0 bridgehead atoms. The number of aliphatic imine (C=N–C) groups is 1. The van der Waals surface area contributed by atoms with Crippen molar-refractivity contribution in [3.8, 4) is 0 Å². The van der Waals surface area contributed by atoms with Crippen LogP contribution in [0.4, 0.5) is 0 Å². The predicted molar refractivity (Wildman–Crippen MR) is 52.3 cm³/mol. The molecular weight excluding hydrogens is 162 g/mol. The molecule has 0 aromatic heterocycles. The lowest BCUT2D eigenvalue weighted by atomic mass is 10.1. The lowest BCUT2D eigenvalue weighted by Crippen LogP contribution is -2.06. The Morgan fingerprint density at radius 2 is 2.08 bits per heavy atom. The summed E-state index contributed by atoms with van der Waals surface area (Å²) < 4.78 is 0. The third-order valence-corrected chi connectivity index (χ3v) is 2.02. The maximum absolute atomic E-state index is 10.1. The highest BCUT2D eigenvalue weighted by atomic mass is 16.1. The van der Waals surface area contributed by atoms with E-state index in [2.05, 4.69) is 4.99 Å². The molecule has 2 heteroatoms. The van der Waals surface area contributed by atoms with Crippen molar-refractivity contribution in [3.05, 3.63) is 35.9 Å². The smallest absolute Gasteiger partial charge is 0.211 e. The van der Waals surface area contributed by atoms with Gasteiger partial charge < -0.3 is 0 Å². The van der Waals surface area contributed by atoms with Crippen LogP contribution in [-0.4, -0.2) is 12.1 Å². The van der Waals surface area contributed by atoms with Crippen LogP contribution >= 0.6 is 0 Å². The molecule has 0 amide bonds. The third kappa shape index (κ3) is 3.22. The molecule has 0 aliphatic carbocycles. The molecule has 1 atom stereocenters. The lowest BCUT2D eigenvalue weighted by Gasteiger charge is -2.06. The van der Waals surface area contributed by atoms with E-state index in [4.69, 9.17) is 0 Å². The Bertz CT molecular complexity index is 288. The zero-order valence-corrected chi connectivity index (χ0v) is 7.73. The zero-order chi connectivity index (χ0) is 9.52. The van der Waals surface area contributed by atoms with Crippen molar-refractivity contribution in [2.75, 3.05) is 0 Å². The number of hydrogen-bond acceptors (Lipinski definition) is 2. The van der Waals surface area contributed by atoms with Crippen LogP contribution in [0, 0.1) is 0 Å². The predicted octanol–water partition coefficient (Wildman–Crippen LogP) is 2.34. The monoisotopic (exact) mass is 175 g/mol. The van der Waals surface area contributed by atoms with Gasteiger partial charge >= 0.3 is 0 Å². The number of hydrogen-bond donors (Lipinski definition) is 0. The normalized spacial score (nSPS) is 11.8. The standard InChI is InChI=1S/C11H13NO/c1-2-11(12-9-13)8-10-6-4-3-5-7-10/h3-7,11H,2,8H2,1H3/t11-/m0/s1. The molecular formula is C11H13NO. The van der Waals surface area contributed by atoms with Gasteiger partial charge in [-0.3, -0.25) is 0 Å². The molecule has 2 nitrogen and oxygen atoms in total. The summed E-state index contributed by atoms with van der Waals surface area (Å²) in [5.74, 6) is 0. The fraction of sp³-hybridized carbons (Fsp3) is 0.364. The van der Waals surface area contributed by atoms with E-state index in [1.54, 1.807) is 6.08 Å². The molecule has 0 radical (unpaired) electrons. The minimum absolute atomic E-state index is 0.0832. The van der Waals surface area contributed by atoms with Gasteiger partial charge in [0.05, 0.1) is 6.04 Å². The summed E-state index contributed by atoms with van der Waals surface area (Å²) in [5, 5.41) is 0. The Kier molecular flexibility index (Phi) is 3.94. The Hall–Kier alpha value is -1.40. The molecule has 0 aliphatic rings. The van der Waals surface area contributed by atoms with Gasteiger partial charge in [-0.25, -0.2) is 9.79 Å². The first-order valence-electron chi connectivity index (χ1n) is 4.47. The molecule has 0 heterocycles. The van der Waals surface area contributed by atoms with Crippen molar-refractivity contribution in [2.45, 2.75) is 25.8 Å². The average Bonchev–Trinajstić information content (AvgIpc) is 2.19. The molecule has 0 spiro atoms. The molecule has 0 saturated carbocycles. The van der Waals surface area contributed by atoms with Crippen molar-refractivity contribution >= 4 is 6.08 Å². The van der Waals surface area contributed by atoms with E-state index in [9.17, 15) is 4.79 Å². The first-order valence-corrected chi connectivity index (χ1v) is 4.47. The first-order chi connectivity index (χ1) is 6.36. The van der Waals surface area contributed by atoms with Crippen LogP contribution in [-0.2, 0) is 11.2 Å². The summed E-state index contributed by atoms with van der Waals surface area (Å²) >= 11 is 0. The van der Waals surface area contributed by atoms with Gasteiger partial charge in [-0.2, -0.15) is 0 Å². The Morgan fingerprint density at radius 1 is 1.38 bits per heavy atom. The number of nitrogens with zero attached hydrogens (tertiary/aromatic N) is 1. The number of benzene rings is 1. The van der Waals surface area contributed by atoms with Crippen molar-refractivity contribution < 1.29 is 4.79 Å². The van der Waals surface area contributed by atoms with Gasteiger partial charge in [0.2, 0.25) is 6.08 Å². The molecule has 0 saturated heterocycles. The van der Waals surface area contributed by atoms with Crippen molar-refractivity contribution in [1.82, 2.24) is 0 Å². The molecule has 1 rings (SSSR count). The molecule has 68 valence electrons. The van der Waals surface area contributed by atoms with Crippen LogP contribution in [0.1, 0.15) is 18.9 Å². The second kappa shape index (κ2) is 5.28. The van der Waals surface area contributed by atoms with E-state index in [1.807, 2.05) is 37.3 Å². The molecule has 1 aromatic rings. The van der Waals surface area contributed by atoms with E-state index < -0.39 is 0 Å². The fourth-order valence-corrected chi connectivity index (χ4v) is 1.24. The quantitative estimate of drug-likeness (QED) is 0.510. The van der Waals surface area contributed by atoms with Crippen molar-refractivity contribution in [2.24, 2.45) is 4.99 Å². The summed E-state index contributed by atoms with van der Waals surface area (Å²) in [6, 6.07) is 10.1. The van der Waals surface area contributed by atoms with Crippen LogP contribution in [0.25, 0.3) is 0 Å². The second-order valence-corrected chi connectivity index (χ2v) is 2.97. The molecule has 0 aliphatic heterocycles. The number of isocyanates is 1. The molecule has 0 fully saturated rings. The minimum atomic E-state index is 0.0832. The highest BCUT2D eigenvalue weighted by Gasteiger charge is 2.03. The van der Waals surface area contributed by atoms with Crippen LogP contribution in [0.5, 0.6) is 0 Å². The highest BCUT2D eigenvalue weighted by molar-refractivity contribution is 5.34. The van der Waals surface area contributed by atoms with Gasteiger partial charge in [0.1, 0.15) is 0 Å². The first kappa shape index (κ1) is 9.69. The Labute approximate surface area is 78.3 Å². The van der Waals surface area contributed by atoms with Crippen LogP contribution in [0.3, 0.4) is 0 Å². The van der Waals surface area contributed by atoms with E-state index in [1.165, 1.54) is 5.56 Å². The summed E-state index contributed by atoms with van der Waals surface area (Å²) in [7, 11) is 0. The molecule has 0 N–H and O–H groups in total. The van der Waals surface area contributed by atoms with E-state index in [0.29, 0.717) is 0 Å². The average molecular weight is 175 g/mol. The molecule has 0 unspecified atom stereocenters. The third-order valence-electron chi connectivity index (χ3n) is 2.02. The topological polar surface area (TPSA) is 29.4 Å². The largest absolute Gasteiger partial charge is 0.235 e. The lowest BCUT2D eigenvalue weighted by molar-refractivity contribution is 0.552. The van der Waals surface area contributed by atoms with Gasteiger partial charge in [0.25, 0.3) is 0 Å². The number of carbonyl (C=O) groups excluding carboxylic acids is 1. The SMILES string of the molecule is CC[C@@H](Cc1ccccc1)N=C=O. The van der Waals surface area contributed by atoms with Gasteiger partial charge in [-0.05, 0) is 18.4 Å².